The summed E-state index contributed by atoms with van der Waals surface area (Å²) < 4.78 is 6.21. The molecule has 4 atom stereocenters. The predicted octanol–water partition coefficient (Wildman–Crippen LogP) is 4.19. The number of rotatable bonds is 5. The van der Waals surface area contributed by atoms with Crippen molar-refractivity contribution in [1.82, 2.24) is 4.90 Å². The van der Waals surface area contributed by atoms with E-state index in [1.807, 2.05) is 54.6 Å². The zero-order chi connectivity index (χ0) is 24.9. The van der Waals surface area contributed by atoms with Crippen molar-refractivity contribution in [2.24, 2.45) is 0 Å². The van der Waals surface area contributed by atoms with Crippen LogP contribution < -0.4 is 10.1 Å². The Morgan fingerprint density at radius 3 is 2.69 bits per heavy atom. The molecule has 8 nitrogen and oxygen atoms in total. The Kier molecular flexibility index (Phi) is 5.23. The average molecular weight is 481 g/mol. The lowest BCUT2D eigenvalue weighted by Crippen LogP contribution is -2.55. The van der Waals surface area contributed by atoms with Crippen LogP contribution in [0.1, 0.15) is 41.0 Å². The van der Waals surface area contributed by atoms with Crippen molar-refractivity contribution in [2.75, 3.05) is 11.9 Å². The number of hydrogen-bond donors (Lipinski definition) is 1. The number of benzene rings is 3. The topological polar surface area (TPSA) is 108 Å². The zero-order valence-corrected chi connectivity index (χ0v) is 19.5. The van der Waals surface area contributed by atoms with Crippen LogP contribution in [0, 0.1) is 21.4 Å². The molecule has 3 aliphatic rings. The highest BCUT2D eigenvalue weighted by Crippen LogP contribution is 2.58. The van der Waals surface area contributed by atoms with Gasteiger partial charge in [0.1, 0.15) is 12.4 Å². The summed E-state index contributed by atoms with van der Waals surface area (Å²) in [5, 5.41) is 25.2. The van der Waals surface area contributed by atoms with Crippen LogP contribution in [0.15, 0.2) is 72.8 Å². The summed E-state index contributed by atoms with van der Waals surface area (Å²) in [6, 6.07) is 22.7. The fraction of sp³-hybridized carbons (Fsp3) is 0.286. The molecular weight excluding hydrogens is 456 g/mol. The van der Waals surface area contributed by atoms with E-state index in [1.54, 1.807) is 18.2 Å². The van der Waals surface area contributed by atoms with Crippen LogP contribution in [0.2, 0.25) is 0 Å². The first-order valence-electron chi connectivity index (χ1n) is 12.1. The van der Waals surface area contributed by atoms with E-state index in [-0.39, 0.29) is 23.5 Å². The molecule has 0 aliphatic carbocycles. The monoisotopic (exact) mass is 480 g/mol. The fourth-order valence-corrected chi connectivity index (χ4v) is 6.55. The summed E-state index contributed by atoms with van der Waals surface area (Å²) in [7, 11) is 0. The van der Waals surface area contributed by atoms with Gasteiger partial charge in [0.2, 0.25) is 0 Å². The van der Waals surface area contributed by atoms with E-state index in [0.29, 0.717) is 29.1 Å². The highest BCUT2D eigenvalue weighted by atomic mass is 16.6. The average Bonchev–Trinajstić information content (AvgIpc) is 3.56. The standard InChI is InChI=1S/C28H24N4O4/c29-16-18-8-1-2-9-19(18)17-36-24-14-6-3-10-20(24)25-23-13-7-15-31(23)28(26(25)32(34)35)21-11-4-5-12-22(21)30-27(28)33/h1-6,8-12,14,23,25-26H,7,13,15,17H2,(H,30,33)/t23-,25+,26-,28-/m0/s1. The zero-order valence-electron chi connectivity index (χ0n) is 19.5. The van der Waals surface area contributed by atoms with Crippen LogP contribution in [0.25, 0.3) is 0 Å². The van der Waals surface area contributed by atoms with Crippen molar-refractivity contribution in [2.45, 2.75) is 43.0 Å². The number of carbonyl (C=O) groups excluding carboxylic acids is 1. The molecule has 180 valence electrons. The van der Waals surface area contributed by atoms with Gasteiger partial charge in [-0.2, -0.15) is 5.26 Å². The number of nitrogens with one attached hydrogen (secondary N) is 1. The molecule has 3 aliphatic heterocycles. The number of nitrogens with zero attached hydrogens (tertiary/aromatic N) is 3. The van der Waals surface area contributed by atoms with Crippen molar-refractivity contribution in [1.29, 1.82) is 5.26 Å². The molecule has 6 rings (SSSR count). The first kappa shape index (κ1) is 22.3. The van der Waals surface area contributed by atoms with Crippen LogP contribution in [0.5, 0.6) is 5.75 Å². The second-order valence-electron chi connectivity index (χ2n) is 9.52. The van der Waals surface area contributed by atoms with Crippen LogP contribution in [0.4, 0.5) is 5.69 Å². The lowest BCUT2D eigenvalue weighted by molar-refractivity contribution is -0.534. The summed E-state index contributed by atoms with van der Waals surface area (Å²) in [5.41, 5.74) is 1.94. The lowest BCUT2D eigenvalue weighted by atomic mass is 9.77. The maximum Gasteiger partial charge on any atom is 0.256 e. The fourth-order valence-electron chi connectivity index (χ4n) is 6.55. The second kappa shape index (κ2) is 8.47. The summed E-state index contributed by atoms with van der Waals surface area (Å²) >= 11 is 0. The minimum Gasteiger partial charge on any atom is -0.489 e. The first-order valence-corrected chi connectivity index (χ1v) is 12.1. The van der Waals surface area contributed by atoms with Gasteiger partial charge in [-0.3, -0.25) is 19.8 Å². The van der Waals surface area contributed by atoms with Crippen molar-refractivity contribution < 1.29 is 14.5 Å². The maximum atomic E-state index is 13.6. The Morgan fingerprint density at radius 2 is 1.86 bits per heavy atom. The van der Waals surface area contributed by atoms with E-state index in [4.69, 9.17) is 4.74 Å². The Hall–Kier alpha value is -4.22. The molecule has 3 aromatic carbocycles. The van der Waals surface area contributed by atoms with Crippen LogP contribution in [-0.2, 0) is 16.9 Å². The Morgan fingerprint density at radius 1 is 1.11 bits per heavy atom. The molecule has 8 heteroatoms. The van der Waals surface area contributed by atoms with Gasteiger partial charge in [-0.1, -0.05) is 54.6 Å². The molecule has 1 spiro atoms. The molecular formula is C28H24N4O4. The van der Waals surface area contributed by atoms with Gasteiger partial charge in [0.05, 0.1) is 17.6 Å². The highest BCUT2D eigenvalue weighted by molar-refractivity contribution is 6.07. The van der Waals surface area contributed by atoms with Crippen LogP contribution in [-0.4, -0.2) is 34.4 Å². The minimum atomic E-state index is -1.37. The summed E-state index contributed by atoms with van der Waals surface area (Å²) in [6.45, 7) is 0.783. The van der Waals surface area contributed by atoms with Gasteiger partial charge in [-0.25, -0.2) is 0 Å². The molecule has 1 N–H and O–H groups in total. The predicted molar refractivity (Wildman–Crippen MR) is 132 cm³/mol. The van der Waals surface area contributed by atoms with Crippen molar-refractivity contribution >= 4 is 11.6 Å². The van der Waals surface area contributed by atoms with Gasteiger partial charge in [0, 0.05) is 39.9 Å². The van der Waals surface area contributed by atoms with Crippen molar-refractivity contribution in [3.8, 4) is 11.8 Å². The van der Waals surface area contributed by atoms with E-state index in [1.165, 1.54) is 0 Å². The maximum absolute atomic E-state index is 13.6. The van der Waals surface area contributed by atoms with Gasteiger partial charge >= 0.3 is 0 Å². The Bertz CT molecular complexity index is 1420. The van der Waals surface area contributed by atoms with E-state index < -0.39 is 17.5 Å². The number of anilines is 1. The third kappa shape index (κ3) is 3.06. The Balaban J connectivity index is 1.46. The summed E-state index contributed by atoms with van der Waals surface area (Å²) in [5.74, 6) is -0.333. The van der Waals surface area contributed by atoms with E-state index >= 15 is 0 Å². The van der Waals surface area contributed by atoms with Crippen molar-refractivity contribution in [3.63, 3.8) is 0 Å². The molecule has 1 amide bonds. The molecule has 0 bridgehead atoms. The van der Waals surface area contributed by atoms with E-state index in [9.17, 15) is 20.2 Å². The number of nitro groups is 1. The number of ether oxygens (including phenoxy) is 1. The minimum absolute atomic E-state index is 0.166. The van der Waals surface area contributed by atoms with Crippen LogP contribution >= 0.6 is 0 Å². The van der Waals surface area contributed by atoms with E-state index in [0.717, 1.165) is 24.0 Å². The molecule has 0 radical (unpaired) electrons. The molecule has 0 unspecified atom stereocenters. The SMILES string of the molecule is N#Cc1ccccc1COc1ccccc1[C@H]1[C@H]([N+](=O)[O-])[C@@]2(C(=O)Nc3ccccc32)N2CCC[C@@H]12. The van der Waals surface area contributed by atoms with Gasteiger partial charge in [-0.05, 0) is 31.0 Å². The van der Waals surface area contributed by atoms with Gasteiger partial charge < -0.3 is 10.1 Å². The van der Waals surface area contributed by atoms with Crippen LogP contribution in [0.3, 0.4) is 0 Å². The molecule has 2 fully saturated rings. The van der Waals surface area contributed by atoms with Gasteiger partial charge in [0.15, 0.2) is 5.54 Å². The number of para-hydroxylation sites is 2. The van der Waals surface area contributed by atoms with Gasteiger partial charge in [-0.15, -0.1) is 0 Å². The molecule has 0 aromatic heterocycles. The quantitative estimate of drug-likeness (QED) is 0.433. The normalized spacial score (nSPS) is 26.3. The number of amides is 1. The molecule has 2 saturated heterocycles. The number of nitriles is 1. The third-order valence-corrected chi connectivity index (χ3v) is 7.89. The molecule has 36 heavy (non-hydrogen) atoms. The van der Waals surface area contributed by atoms with Gasteiger partial charge in [0.25, 0.3) is 11.9 Å². The lowest BCUT2D eigenvalue weighted by Gasteiger charge is -2.32. The Labute approximate surface area is 208 Å². The molecule has 0 saturated carbocycles. The largest absolute Gasteiger partial charge is 0.489 e. The smallest absolute Gasteiger partial charge is 0.256 e. The second-order valence-corrected chi connectivity index (χ2v) is 9.52. The van der Waals surface area contributed by atoms with Crippen molar-refractivity contribution in [3.05, 3.63) is 105 Å². The summed E-state index contributed by atoms with van der Waals surface area (Å²) in [6.07, 6.45) is 1.62. The third-order valence-electron chi connectivity index (χ3n) is 7.89. The number of hydrogen-bond acceptors (Lipinski definition) is 6. The highest BCUT2D eigenvalue weighted by Gasteiger charge is 2.73. The molecule has 3 aromatic rings. The first-order chi connectivity index (χ1) is 17.6. The summed E-state index contributed by atoms with van der Waals surface area (Å²) in [4.78, 5) is 28.3. The number of fused-ring (bicyclic) bond motifs is 4. The number of carbonyl (C=O) groups is 1. The van der Waals surface area contributed by atoms with E-state index in [2.05, 4.69) is 16.3 Å². The molecule has 3 heterocycles.